The van der Waals surface area contributed by atoms with Crippen LogP contribution in [0, 0.1) is 5.92 Å². The molecule has 1 aliphatic rings. The van der Waals surface area contributed by atoms with E-state index in [9.17, 15) is 8.42 Å². The van der Waals surface area contributed by atoms with E-state index in [0.717, 1.165) is 29.7 Å². The lowest BCUT2D eigenvalue weighted by Crippen LogP contribution is -2.31. The molecule has 1 N–H and O–H groups in total. The molecular formula is C12H20BrN3O2S. The Morgan fingerprint density at radius 2 is 2.32 bits per heavy atom. The third kappa shape index (κ3) is 3.20. The highest BCUT2D eigenvalue weighted by molar-refractivity contribution is 9.10. The van der Waals surface area contributed by atoms with Crippen molar-refractivity contribution in [2.45, 2.75) is 32.9 Å². The lowest BCUT2D eigenvalue weighted by atomic mass is 9.96. The van der Waals surface area contributed by atoms with Crippen molar-refractivity contribution >= 4 is 25.8 Å². The van der Waals surface area contributed by atoms with E-state index >= 15 is 0 Å². The molecule has 1 aromatic heterocycles. The van der Waals surface area contributed by atoms with Crippen LogP contribution in [-0.4, -0.2) is 36.2 Å². The highest BCUT2D eigenvalue weighted by Gasteiger charge is 2.36. The fourth-order valence-electron chi connectivity index (χ4n) is 2.73. The molecule has 0 saturated carbocycles. The maximum absolute atomic E-state index is 11.7. The van der Waals surface area contributed by atoms with Crippen LogP contribution >= 0.6 is 15.9 Å². The van der Waals surface area contributed by atoms with E-state index in [2.05, 4.69) is 26.3 Å². The minimum absolute atomic E-state index is 0.0408. The molecule has 1 aromatic rings. The lowest BCUT2D eigenvalue weighted by Gasteiger charge is -2.24. The molecule has 108 valence electrons. The summed E-state index contributed by atoms with van der Waals surface area (Å²) in [6.07, 6.45) is 2.51. The van der Waals surface area contributed by atoms with Crippen molar-refractivity contribution in [2.75, 3.05) is 18.1 Å². The molecule has 2 atom stereocenters. The molecule has 2 heterocycles. The van der Waals surface area contributed by atoms with E-state index in [1.54, 1.807) is 6.20 Å². The first kappa shape index (κ1) is 15.0. The predicted octanol–water partition coefficient (Wildman–Crippen LogP) is 1.75. The second kappa shape index (κ2) is 5.93. The molecule has 7 heteroatoms. The van der Waals surface area contributed by atoms with Gasteiger partial charge < -0.3 is 5.32 Å². The van der Waals surface area contributed by atoms with Gasteiger partial charge in [0.2, 0.25) is 0 Å². The van der Waals surface area contributed by atoms with Crippen LogP contribution in [0.2, 0.25) is 0 Å². The third-order valence-corrected chi connectivity index (χ3v) is 6.00. The Hall–Kier alpha value is -0.400. The van der Waals surface area contributed by atoms with Gasteiger partial charge in [-0.25, -0.2) is 8.42 Å². The molecule has 0 bridgehead atoms. The fraction of sp³-hybridized carbons (Fsp3) is 0.750. The highest BCUT2D eigenvalue weighted by atomic mass is 79.9. The van der Waals surface area contributed by atoms with E-state index in [4.69, 9.17) is 0 Å². The second-order valence-corrected chi connectivity index (χ2v) is 7.98. The van der Waals surface area contributed by atoms with Crippen LogP contribution in [0.4, 0.5) is 0 Å². The van der Waals surface area contributed by atoms with Gasteiger partial charge in [-0.3, -0.25) is 4.68 Å². The Labute approximate surface area is 122 Å². The highest BCUT2D eigenvalue weighted by Crippen LogP contribution is 2.34. The van der Waals surface area contributed by atoms with Crippen LogP contribution in [0.5, 0.6) is 0 Å². The number of halogens is 1. The maximum Gasteiger partial charge on any atom is 0.150 e. The Kier molecular flexibility index (Phi) is 4.68. The van der Waals surface area contributed by atoms with Gasteiger partial charge in [0, 0.05) is 6.54 Å². The zero-order valence-corrected chi connectivity index (χ0v) is 13.7. The molecule has 1 saturated heterocycles. The largest absolute Gasteiger partial charge is 0.309 e. The van der Waals surface area contributed by atoms with Gasteiger partial charge >= 0.3 is 0 Å². The number of nitrogens with zero attached hydrogens (tertiary/aromatic N) is 2. The van der Waals surface area contributed by atoms with Crippen LogP contribution in [-0.2, 0) is 16.4 Å². The van der Waals surface area contributed by atoms with E-state index in [0.29, 0.717) is 5.75 Å². The van der Waals surface area contributed by atoms with Gasteiger partial charge in [0.1, 0.15) is 0 Å². The van der Waals surface area contributed by atoms with Crippen molar-refractivity contribution in [2.24, 2.45) is 5.92 Å². The van der Waals surface area contributed by atoms with Crippen LogP contribution in [0.25, 0.3) is 0 Å². The summed E-state index contributed by atoms with van der Waals surface area (Å²) in [6, 6.07) is 0.0408. The summed E-state index contributed by atoms with van der Waals surface area (Å²) in [6.45, 7) is 5.67. The van der Waals surface area contributed by atoms with Crippen LogP contribution in [0.15, 0.2) is 10.7 Å². The fourth-order valence-corrected chi connectivity index (χ4v) is 5.11. The molecule has 0 aromatic carbocycles. The second-order valence-electron chi connectivity index (χ2n) is 4.89. The van der Waals surface area contributed by atoms with Gasteiger partial charge in [0.15, 0.2) is 9.84 Å². The summed E-state index contributed by atoms with van der Waals surface area (Å²) in [4.78, 5) is 0. The molecule has 19 heavy (non-hydrogen) atoms. The standard InChI is InChI=1S/C12H20BrN3O2S/c1-3-14-11(9-5-6-19(17,18)8-9)12-10(13)7-15-16(12)4-2/h7,9,11,14H,3-6,8H2,1-2H3. The molecule has 0 amide bonds. The van der Waals surface area contributed by atoms with E-state index < -0.39 is 9.84 Å². The quantitative estimate of drug-likeness (QED) is 0.879. The van der Waals surface area contributed by atoms with E-state index in [1.165, 1.54) is 0 Å². The van der Waals surface area contributed by atoms with Crippen LogP contribution < -0.4 is 5.32 Å². The summed E-state index contributed by atoms with van der Waals surface area (Å²) >= 11 is 3.53. The van der Waals surface area contributed by atoms with E-state index in [-0.39, 0.29) is 17.7 Å². The van der Waals surface area contributed by atoms with Crippen molar-refractivity contribution in [3.05, 3.63) is 16.4 Å². The van der Waals surface area contributed by atoms with Gasteiger partial charge in [-0.2, -0.15) is 5.10 Å². The Balaban J connectivity index is 2.32. The van der Waals surface area contributed by atoms with Crippen LogP contribution in [0.3, 0.4) is 0 Å². The molecule has 2 unspecified atom stereocenters. The number of sulfone groups is 1. The maximum atomic E-state index is 11.7. The molecule has 0 radical (unpaired) electrons. The smallest absolute Gasteiger partial charge is 0.150 e. The first-order chi connectivity index (χ1) is 8.98. The molecule has 0 spiro atoms. The summed E-state index contributed by atoms with van der Waals surface area (Å²) < 4.78 is 26.3. The minimum atomic E-state index is -2.87. The van der Waals surface area contributed by atoms with Crippen molar-refractivity contribution in [1.82, 2.24) is 15.1 Å². The van der Waals surface area contributed by atoms with Crippen molar-refractivity contribution < 1.29 is 8.42 Å². The summed E-state index contributed by atoms with van der Waals surface area (Å²) in [7, 11) is -2.87. The SMILES string of the molecule is CCNC(c1c(Br)cnn1CC)C1CCS(=O)(=O)C1. The average Bonchev–Trinajstić information content (AvgIpc) is 2.89. The number of aromatic nitrogens is 2. The minimum Gasteiger partial charge on any atom is -0.309 e. The Bertz CT molecular complexity index is 541. The number of hydrogen-bond donors (Lipinski definition) is 1. The van der Waals surface area contributed by atoms with Crippen LogP contribution in [0.1, 0.15) is 32.0 Å². The number of nitrogens with one attached hydrogen (secondary N) is 1. The van der Waals surface area contributed by atoms with Crippen molar-refractivity contribution in [3.63, 3.8) is 0 Å². The molecule has 5 nitrogen and oxygen atoms in total. The van der Waals surface area contributed by atoms with Gasteiger partial charge in [0.25, 0.3) is 0 Å². The van der Waals surface area contributed by atoms with Crippen molar-refractivity contribution in [3.8, 4) is 0 Å². The lowest BCUT2D eigenvalue weighted by molar-refractivity contribution is 0.373. The third-order valence-electron chi connectivity index (χ3n) is 3.59. The summed E-state index contributed by atoms with van der Waals surface area (Å²) in [5, 5.41) is 7.75. The summed E-state index contributed by atoms with van der Waals surface area (Å²) in [5.41, 5.74) is 1.06. The zero-order chi connectivity index (χ0) is 14.0. The van der Waals surface area contributed by atoms with Gasteiger partial charge in [0.05, 0.1) is 33.9 Å². The molecule has 2 rings (SSSR count). The average molecular weight is 350 g/mol. The normalized spacial score (nSPS) is 23.6. The first-order valence-corrected chi connectivity index (χ1v) is 9.25. The van der Waals surface area contributed by atoms with Crippen molar-refractivity contribution in [1.29, 1.82) is 0 Å². The molecule has 0 aliphatic carbocycles. The topological polar surface area (TPSA) is 64.0 Å². The Morgan fingerprint density at radius 3 is 2.84 bits per heavy atom. The van der Waals surface area contributed by atoms with Gasteiger partial charge in [-0.15, -0.1) is 0 Å². The van der Waals surface area contributed by atoms with E-state index in [1.807, 2.05) is 18.5 Å². The number of hydrogen-bond acceptors (Lipinski definition) is 4. The molecule has 1 aliphatic heterocycles. The monoisotopic (exact) mass is 349 g/mol. The molecule has 1 fully saturated rings. The molecular weight excluding hydrogens is 330 g/mol. The summed E-state index contributed by atoms with van der Waals surface area (Å²) in [5.74, 6) is 0.701. The zero-order valence-electron chi connectivity index (χ0n) is 11.3. The van der Waals surface area contributed by atoms with Gasteiger partial charge in [-0.05, 0) is 41.7 Å². The number of aryl methyl sites for hydroxylation is 1. The van der Waals surface area contributed by atoms with Gasteiger partial charge in [-0.1, -0.05) is 6.92 Å². The Morgan fingerprint density at radius 1 is 1.58 bits per heavy atom. The first-order valence-electron chi connectivity index (χ1n) is 6.63. The predicted molar refractivity (Wildman–Crippen MR) is 78.8 cm³/mol. The number of rotatable bonds is 5.